The highest BCUT2D eigenvalue weighted by atomic mass is 16.1. The molecule has 0 bridgehead atoms. The summed E-state index contributed by atoms with van der Waals surface area (Å²) in [5.74, 6) is 1.95. The van der Waals surface area contributed by atoms with E-state index in [1.54, 1.807) is 0 Å². The molecule has 1 saturated carbocycles. The van der Waals surface area contributed by atoms with Crippen LogP contribution in [0.3, 0.4) is 0 Å². The van der Waals surface area contributed by atoms with E-state index in [9.17, 15) is 4.79 Å². The molecule has 3 heteroatoms. The second-order valence-corrected chi connectivity index (χ2v) is 7.28. The first-order chi connectivity index (χ1) is 10.2. The molecule has 0 spiro atoms. The Morgan fingerprint density at radius 1 is 1.05 bits per heavy atom. The van der Waals surface area contributed by atoms with Gasteiger partial charge in [0.05, 0.1) is 0 Å². The van der Waals surface area contributed by atoms with Crippen molar-refractivity contribution in [2.75, 3.05) is 13.1 Å². The van der Waals surface area contributed by atoms with E-state index in [0.717, 1.165) is 44.2 Å². The Labute approximate surface area is 130 Å². The van der Waals surface area contributed by atoms with Crippen LogP contribution in [-0.2, 0) is 4.79 Å². The van der Waals surface area contributed by atoms with E-state index in [1.807, 2.05) is 0 Å². The number of hydrogen-bond acceptors (Lipinski definition) is 2. The molecule has 2 fully saturated rings. The molecule has 2 N–H and O–H groups in total. The molecule has 3 nitrogen and oxygen atoms in total. The van der Waals surface area contributed by atoms with E-state index in [0.29, 0.717) is 6.04 Å². The first-order valence-electron chi connectivity index (χ1n) is 9.24. The van der Waals surface area contributed by atoms with Crippen LogP contribution in [-0.4, -0.2) is 25.0 Å². The van der Waals surface area contributed by atoms with E-state index < -0.39 is 0 Å². The molecule has 1 saturated heterocycles. The molecule has 1 aliphatic carbocycles. The number of hydrogen-bond donors (Lipinski definition) is 2. The van der Waals surface area contributed by atoms with Crippen LogP contribution in [0.15, 0.2) is 0 Å². The summed E-state index contributed by atoms with van der Waals surface area (Å²) in [4.78, 5) is 12.0. The zero-order valence-corrected chi connectivity index (χ0v) is 13.8. The van der Waals surface area contributed by atoms with Crippen LogP contribution in [0, 0.1) is 11.8 Å². The molecular formula is C18H34N2O. The Balaban J connectivity index is 1.53. The van der Waals surface area contributed by atoms with Crippen LogP contribution in [0.4, 0.5) is 0 Å². The Morgan fingerprint density at radius 2 is 1.71 bits per heavy atom. The summed E-state index contributed by atoms with van der Waals surface area (Å²) in [6.45, 7) is 4.43. The van der Waals surface area contributed by atoms with Gasteiger partial charge in [-0.1, -0.05) is 32.1 Å². The van der Waals surface area contributed by atoms with Crippen LogP contribution >= 0.6 is 0 Å². The van der Waals surface area contributed by atoms with Gasteiger partial charge in [0.1, 0.15) is 0 Å². The molecular weight excluding hydrogens is 260 g/mol. The zero-order valence-electron chi connectivity index (χ0n) is 13.8. The molecule has 1 atom stereocenters. The third-order valence-corrected chi connectivity index (χ3v) is 5.38. The lowest BCUT2D eigenvalue weighted by atomic mass is 9.85. The second-order valence-electron chi connectivity index (χ2n) is 7.28. The summed E-state index contributed by atoms with van der Waals surface area (Å²) < 4.78 is 0. The third kappa shape index (κ3) is 6.82. The highest BCUT2D eigenvalue weighted by Gasteiger charge is 2.17. The van der Waals surface area contributed by atoms with Crippen LogP contribution in [0.5, 0.6) is 0 Å². The number of rotatable bonds is 7. The molecule has 122 valence electrons. The van der Waals surface area contributed by atoms with E-state index >= 15 is 0 Å². The number of carbonyl (C=O) groups is 1. The second kappa shape index (κ2) is 9.45. The molecule has 1 amide bonds. The summed E-state index contributed by atoms with van der Waals surface area (Å²) in [5, 5.41) is 6.59. The third-order valence-electron chi connectivity index (χ3n) is 5.38. The lowest BCUT2D eigenvalue weighted by molar-refractivity contribution is -0.122. The van der Waals surface area contributed by atoms with Crippen molar-refractivity contribution in [1.29, 1.82) is 0 Å². The Hall–Kier alpha value is -0.570. The van der Waals surface area contributed by atoms with Gasteiger partial charge >= 0.3 is 0 Å². The molecule has 0 aromatic rings. The fourth-order valence-corrected chi connectivity index (χ4v) is 3.89. The van der Waals surface area contributed by atoms with Gasteiger partial charge in [0.2, 0.25) is 5.91 Å². The summed E-state index contributed by atoms with van der Waals surface area (Å²) >= 11 is 0. The van der Waals surface area contributed by atoms with Gasteiger partial charge in [-0.15, -0.1) is 0 Å². The maximum absolute atomic E-state index is 12.0. The molecule has 0 aromatic heterocycles. The molecule has 2 aliphatic rings. The fraction of sp³-hybridized carbons (Fsp3) is 0.944. The monoisotopic (exact) mass is 294 g/mol. The van der Waals surface area contributed by atoms with Gasteiger partial charge in [0, 0.05) is 12.5 Å². The minimum absolute atomic E-state index is 0.268. The topological polar surface area (TPSA) is 41.1 Å². The van der Waals surface area contributed by atoms with Crippen molar-refractivity contribution < 1.29 is 4.79 Å². The van der Waals surface area contributed by atoms with Crippen LogP contribution < -0.4 is 10.6 Å². The average Bonchev–Trinajstić information content (AvgIpc) is 2.53. The smallest absolute Gasteiger partial charge is 0.220 e. The number of nitrogens with one attached hydrogen (secondary N) is 2. The van der Waals surface area contributed by atoms with Crippen LogP contribution in [0.25, 0.3) is 0 Å². The van der Waals surface area contributed by atoms with Gasteiger partial charge < -0.3 is 10.6 Å². The molecule has 0 radical (unpaired) electrons. The summed E-state index contributed by atoms with van der Waals surface area (Å²) in [5.41, 5.74) is 0. The lowest BCUT2D eigenvalue weighted by Gasteiger charge is -2.24. The van der Waals surface area contributed by atoms with E-state index in [2.05, 4.69) is 17.6 Å². The van der Waals surface area contributed by atoms with E-state index in [-0.39, 0.29) is 5.91 Å². The first-order valence-corrected chi connectivity index (χ1v) is 9.24. The first kappa shape index (κ1) is 16.8. The molecule has 2 rings (SSSR count). The number of carbonyl (C=O) groups excluding carboxylic acids is 1. The fourth-order valence-electron chi connectivity index (χ4n) is 3.89. The Bertz CT molecular complexity index is 294. The van der Waals surface area contributed by atoms with Crippen LogP contribution in [0.2, 0.25) is 0 Å². The Morgan fingerprint density at radius 3 is 2.43 bits per heavy atom. The van der Waals surface area contributed by atoms with Crippen molar-refractivity contribution in [3.63, 3.8) is 0 Å². The van der Waals surface area contributed by atoms with Crippen molar-refractivity contribution in [1.82, 2.24) is 10.6 Å². The summed E-state index contributed by atoms with van der Waals surface area (Å²) in [6, 6.07) is 0.354. The van der Waals surface area contributed by atoms with Gasteiger partial charge in [0.15, 0.2) is 0 Å². The summed E-state index contributed by atoms with van der Waals surface area (Å²) in [6.07, 6.45) is 13.8. The largest absolute Gasteiger partial charge is 0.354 e. The highest BCUT2D eigenvalue weighted by Crippen LogP contribution is 2.27. The number of piperidine rings is 1. The van der Waals surface area contributed by atoms with Gasteiger partial charge in [-0.2, -0.15) is 0 Å². The number of amides is 1. The quantitative estimate of drug-likeness (QED) is 0.753. The van der Waals surface area contributed by atoms with E-state index in [1.165, 1.54) is 51.4 Å². The standard InChI is InChI=1S/C18H34N2O/c1-15(7-8-16-5-3-2-4-6-16)20-18(21)10-9-17-11-13-19-14-12-17/h15-17,19H,2-14H2,1H3,(H,20,21). The average molecular weight is 294 g/mol. The maximum Gasteiger partial charge on any atom is 0.220 e. The molecule has 1 aliphatic heterocycles. The predicted molar refractivity (Wildman–Crippen MR) is 88.2 cm³/mol. The van der Waals surface area contributed by atoms with Crippen molar-refractivity contribution in [3.8, 4) is 0 Å². The minimum atomic E-state index is 0.268. The molecule has 1 unspecified atom stereocenters. The van der Waals surface area contributed by atoms with Crippen molar-refractivity contribution in [2.24, 2.45) is 11.8 Å². The zero-order chi connectivity index (χ0) is 14.9. The SMILES string of the molecule is CC(CCC1CCCCC1)NC(=O)CCC1CCNCC1. The summed E-state index contributed by atoms with van der Waals surface area (Å²) in [7, 11) is 0. The van der Waals surface area contributed by atoms with Crippen molar-refractivity contribution in [2.45, 2.75) is 83.6 Å². The molecule has 21 heavy (non-hydrogen) atoms. The normalized spacial score (nSPS) is 22.9. The molecule has 1 heterocycles. The van der Waals surface area contributed by atoms with E-state index in [4.69, 9.17) is 0 Å². The van der Waals surface area contributed by atoms with Crippen molar-refractivity contribution >= 4 is 5.91 Å². The highest BCUT2D eigenvalue weighted by molar-refractivity contribution is 5.76. The lowest BCUT2D eigenvalue weighted by Crippen LogP contribution is -2.34. The minimum Gasteiger partial charge on any atom is -0.354 e. The molecule has 0 aromatic carbocycles. The maximum atomic E-state index is 12.0. The van der Waals surface area contributed by atoms with Crippen molar-refractivity contribution in [3.05, 3.63) is 0 Å². The van der Waals surface area contributed by atoms with Gasteiger partial charge in [0.25, 0.3) is 0 Å². The van der Waals surface area contributed by atoms with Gasteiger partial charge in [-0.05, 0) is 64.0 Å². The Kier molecular flexibility index (Phi) is 7.56. The van der Waals surface area contributed by atoms with Crippen LogP contribution in [0.1, 0.15) is 77.6 Å². The predicted octanol–water partition coefficient (Wildman–Crippen LogP) is 3.63. The van der Waals surface area contributed by atoms with Gasteiger partial charge in [-0.3, -0.25) is 4.79 Å². The van der Waals surface area contributed by atoms with Gasteiger partial charge in [-0.25, -0.2) is 0 Å².